The van der Waals surface area contributed by atoms with E-state index in [1.165, 1.54) is 215 Å². The molecule has 0 saturated heterocycles. The highest BCUT2D eigenvalue weighted by Gasteiger charge is 2.34. The van der Waals surface area contributed by atoms with E-state index in [2.05, 4.69) is 304 Å². The summed E-state index contributed by atoms with van der Waals surface area (Å²) in [7, 11) is 0. The van der Waals surface area contributed by atoms with E-state index in [1.54, 1.807) is 0 Å². The van der Waals surface area contributed by atoms with Gasteiger partial charge in [-0.1, -0.05) is 444 Å². The van der Waals surface area contributed by atoms with E-state index >= 15 is 0 Å². The molecule has 0 fully saturated rings. The third-order valence-electron chi connectivity index (χ3n) is 24.6. The molecule has 6 aliphatic rings. The molecule has 0 radical (unpaired) electrons. The molecule has 6 heteroatoms. The van der Waals surface area contributed by atoms with Gasteiger partial charge in [0.05, 0.1) is 49.7 Å². The zero-order valence-electron chi connectivity index (χ0n) is 87.1. The van der Waals surface area contributed by atoms with Gasteiger partial charge >= 0.3 is 0 Å². The lowest BCUT2D eigenvalue weighted by atomic mass is 9.95. The molecule has 0 saturated carbocycles. The quantitative estimate of drug-likeness (QED) is 0.142. The van der Waals surface area contributed by atoms with E-state index in [9.17, 15) is 0 Å². The van der Waals surface area contributed by atoms with Crippen molar-refractivity contribution in [3.8, 4) is 66.8 Å². The molecule has 6 aromatic heterocycles. The fourth-order valence-electron chi connectivity index (χ4n) is 20.1. The molecule has 21 aromatic rings. The van der Waals surface area contributed by atoms with Gasteiger partial charge in [0.25, 0.3) is 0 Å². The van der Waals surface area contributed by atoms with Gasteiger partial charge < -0.3 is 0 Å². The average Bonchev–Trinajstić information content (AvgIpc) is 1.55. The van der Waals surface area contributed by atoms with E-state index in [4.69, 9.17) is 15.0 Å². The summed E-state index contributed by atoms with van der Waals surface area (Å²) in [5, 5.41) is 11.2. The highest BCUT2D eigenvalue weighted by Crippen LogP contribution is 2.53. The van der Waals surface area contributed by atoms with Crippen molar-refractivity contribution in [2.45, 2.75) is 246 Å². The first-order valence-corrected chi connectivity index (χ1v) is 52.0. The van der Waals surface area contributed by atoms with E-state index < -0.39 is 0 Å². The van der Waals surface area contributed by atoms with Gasteiger partial charge in [-0.05, 0) is 226 Å². The summed E-state index contributed by atoms with van der Waals surface area (Å²) >= 11 is 0. The largest absolute Gasteiger partial charge is 0.292 e. The molecule has 0 amide bonds. The maximum atomic E-state index is 5.36. The lowest BCUT2D eigenvalue weighted by Gasteiger charge is -2.09. The summed E-state index contributed by atoms with van der Waals surface area (Å²) in [5.74, 6) is 0. The van der Waals surface area contributed by atoms with Crippen molar-refractivity contribution < 1.29 is 0 Å². The van der Waals surface area contributed by atoms with E-state index in [0.29, 0.717) is 0 Å². The molecule has 27 rings (SSSR count). The number of rotatable bonds is 0. The molecule has 15 aromatic carbocycles. The highest BCUT2D eigenvalue weighted by atomic mass is 15.0. The number of imidazole rings is 3. The molecule has 0 N–H and O–H groups in total. The number of fused-ring (bicyclic) bond motifs is 46. The van der Waals surface area contributed by atoms with Crippen LogP contribution in [0.25, 0.3) is 182 Å². The molecule has 0 spiro atoms. The van der Waals surface area contributed by atoms with Crippen LogP contribution < -0.4 is 0 Å². The minimum absolute atomic E-state index is 0.978. The van der Waals surface area contributed by atoms with Gasteiger partial charge in [-0.3, -0.25) is 13.2 Å². The molecule has 135 heavy (non-hydrogen) atoms. The second-order valence-corrected chi connectivity index (χ2v) is 29.9. The van der Waals surface area contributed by atoms with Crippen molar-refractivity contribution in [2.24, 2.45) is 0 Å². The number of hydrogen-bond acceptors (Lipinski definition) is 3. The van der Waals surface area contributed by atoms with Crippen LogP contribution in [0.2, 0.25) is 0 Å². The van der Waals surface area contributed by atoms with Crippen molar-refractivity contribution in [3.63, 3.8) is 0 Å². The highest BCUT2D eigenvalue weighted by molar-refractivity contribution is 6.19. The Bertz CT molecular complexity index is 7450. The fraction of sp³-hybridized carbons (Fsp3) is 0.279. The molecule has 0 aliphatic heterocycles. The van der Waals surface area contributed by atoms with Crippen LogP contribution in [0, 0.1) is 0 Å². The van der Waals surface area contributed by atoms with Crippen LogP contribution in [0.5, 0.6) is 0 Å². The zero-order chi connectivity index (χ0) is 98.0. The second-order valence-electron chi connectivity index (χ2n) is 29.9. The summed E-state index contributed by atoms with van der Waals surface area (Å²) < 4.78 is 7.11. The van der Waals surface area contributed by atoms with Gasteiger partial charge in [0.2, 0.25) is 0 Å². The third kappa shape index (κ3) is 18.2. The van der Waals surface area contributed by atoms with Crippen LogP contribution in [0.4, 0.5) is 0 Å². The Balaban J connectivity index is 0.000000184. The normalized spacial score (nSPS) is 11.2. The number of aromatic nitrogens is 6. The molecular formula is C129H150N6. The Morgan fingerprint density at radius 1 is 0.156 bits per heavy atom. The Hall–Kier alpha value is -13.3. The summed E-state index contributed by atoms with van der Waals surface area (Å²) in [6.45, 7) is 60.0. The first-order chi connectivity index (χ1) is 67.1. The molecule has 696 valence electrons. The first-order valence-electron chi connectivity index (χ1n) is 52.0. The SMILES string of the molecule is CC.CC.CC.CC.CC.CC.CC.CC.CC.CC.CC.CC.CC.CC.CC.c1ccc2c(c1)Cc1cc3c(cc1-2)-c1c(ccc2c1nc1c4ccccc4c4ccccc4n21)C3.c1ccc2c(c1)Cc1cc3c(cc1-2)Cc1ccc2c(nc4c5ccccc5c5ccccc5n24)c1-3.c1ccc2c(c1)Cc1ccc3c(c1-2)Cc1ccc2c(nc4c5ccccc5c5ccccc5n24)c1-3. The summed E-state index contributed by atoms with van der Waals surface area (Å²) in [5.41, 5.74) is 47.4. The Kier molecular flexibility index (Phi) is 37.7. The van der Waals surface area contributed by atoms with Crippen molar-refractivity contribution in [3.05, 3.63) is 358 Å². The smallest absolute Gasteiger partial charge is 0.146 e. The van der Waals surface area contributed by atoms with Crippen LogP contribution in [-0.2, 0) is 38.5 Å². The number of hydrogen-bond donors (Lipinski definition) is 0. The van der Waals surface area contributed by atoms with E-state index in [-0.39, 0.29) is 0 Å². The minimum Gasteiger partial charge on any atom is -0.292 e. The van der Waals surface area contributed by atoms with Crippen LogP contribution in [0.15, 0.2) is 291 Å². The van der Waals surface area contributed by atoms with Gasteiger partial charge in [0.1, 0.15) is 16.9 Å². The number of pyridine rings is 3. The van der Waals surface area contributed by atoms with Gasteiger partial charge in [0, 0.05) is 49.0 Å². The molecule has 0 unspecified atom stereocenters. The lowest BCUT2D eigenvalue weighted by molar-refractivity contribution is 1.21. The zero-order valence-corrected chi connectivity index (χ0v) is 87.1. The molecular weight excluding hydrogens is 1630 g/mol. The van der Waals surface area contributed by atoms with Crippen LogP contribution >= 0.6 is 0 Å². The number of benzene rings is 15. The first kappa shape index (κ1) is 104. The van der Waals surface area contributed by atoms with Gasteiger partial charge in [-0.2, -0.15) is 0 Å². The number of para-hydroxylation sites is 3. The Labute approximate surface area is 808 Å². The van der Waals surface area contributed by atoms with Crippen molar-refractivity contribution >= 4 is 115 Å². The number of nitrogens with zero attached hydrogens (tertiary/aromatic N) is 6. The maximum Gasteiger partial charge on any atom is 0.146 e. The predicted molar refractivity (Wildman–Crippen MR) is 603 cm³/mol. The van der Waals surface area contributed by atoms with Crippen LogP contribution in [-0.4, -0.2) is 28.2 Å². The summed E-state index contributed by atoms with van der Waals surface area (Å²) in [6.07, 6.45) is 6.04. The molecule has 6 aliphatic carbocycles. The van der Waals surface area contributed by atoms with E-state index in [0.717, 1.165) is 72.0 Å². The van der Waals surface area contributed by atoms with Gasteiger partial charge in [-0.15, -0.1) is 0 Å². The third-order valence-corrected chi connectivity index (χ3v) is 24.6. The molecule has 6 nitrogen and oxygen atoms in total. The topological polar surface area (TPSA) is 51.9 Å². The lowest BCUT2D eigenvalue weighted by Crippen LogP contribution is -1.91. The minimum atomic E-state index is 0.978. The average molecular weight is 1780 g/mol. The standard InChI is InChI=1S/3C33H20N2.15C2H6/c1-2-8-22-19(7-1)17-20-13-15-25-27(30(20)22)18-21-14-16-29-32(31(21)25)34-33-26-11-4-3-9-23(26)24-10-5-6-12-28(24)35(29)33;1-2-8-23-19(7-1)15-21-18-28-22(17-27(21)23)16-20-13-14-30-32(31(20)28)34-33-26-11-4-3-9-24(26)25-10-5-6-12-29(25)35(30)33;1-2-8-23-19(7-1)15-21-17-22-16-20-13-14-30-32(31(20)28(22)18-27(21)23)34-33-26-11-4-3-9-24(26)25-10-5-6-12-29(25)35(30)33;15*1-2/h1-16H,17-18H2;2*1-14,17-18H,15-16H2;15*1-2H3. The van der Waals surface area contributed by atoms with Gasteiger partial charge in [0.15, 0.2) is 0 Å². The second kappa shape index (κ2) is 49.1. The Morgan fingerprint density at radius 3 is 0.785 bits per heavy atom. The molecule has 0 bridgehead atoms. The molecule has 0 atom stereocenters. The van der Waals surface area contributed by atoms with Crippen molar-refractivity contribution in [1.29, 1.82) is 0 Å². The molecule has 6 heterocycles. The van der Waals surface area contributed by atoms with Gasteiger partial charge in [-0.25, -0.2) is 15.0 Å². The summed E-state index contributed by atoms with van der Waals surface area (Å²) in [4.78, 5) is 16.1. The maximum absolute atomic E-state index is 5.36. The van der Waals surface area contributed by atoms with E-state index in [1.807, 2.05) is 208 Å². The van der Waals surface area contributed by atoms with Crippen LogP contribution in [0.1, 0.15) is 274 Å². The van der Waals surface area contributed by atoms with Crippen LogP contribution in [0.3, 0.4) is 0 Å². The predicted octanol–water partition coefficient (Wildman–Crippen LogP) is 39.2. The Morgan fingerprint density at radius 2 is 0.400 bits per heavy atom. The monoisotopic (exact) mass is 1780 g/mol. The van der Waals surface area contributed by atoms with Crippen molar-refractivity contribution in [2.75, 3.05) is 0 Å². The van der Waals surface area contributed by atoms with Crippen molar-refractivity contribution in [1.82, 2.24) is 28.2 Å². The summed E-state index contributed by atoms with van der Waals surface area (Å²) in [6, 6.07) is 107. The fourth-order valence-corrected chi connectivity index (χ4v) is 20.1.